The molecule has 2 aromatic heterocycles. The highest BCUT2D eigenvalue weighted by Gasteiger charge is 2.32. The molecule has 198 valence electrons. The summed E-state index contributed by atoms with van der Waals surface area (Å²) in [6.45, 7) is 2.50. The third-order valence-corrected chi connectivity index (χ3v) is 8.89. The van der Waals surface area contributed by atoms with Gasteiger partial charge in [0.05, 0.1) is 6.20 Å². The predicted molar refractivity (Wildman–Crippen MR) is 152 cm³/mol. The topological polar surface area (TPSA) is 75.7 Å². The van der Waals surface area contributed by atoms with E-state index >= 15 is 0 Å². The van der Waals surface area contributed by atoms with Gasteiger partial charge in [0.2, 0.25) is 5.91 Å². The lowest BCUT2D eigenvalue weighted by molar-refractivity contribution is -0.118. The van der Waals surface area contributed by atoms with Gasteiger partial charge in [-0.3, -0.25) is 9.20 Å². The van der Waals surface area contributed by atoms with Crippen molar-refractivity contribution in [3.8, 4) is 11.1 Å². The molecule has 2 unspecified atom stereocenters. The lowest BCUT2D eigenvalue weighted by Gasteiger charge is -2.39. The minimum Gasteiger partial charge on any atom is -0.326 e. The molecule has 0 radical (unpaired) electrons. The van der Waals surface area contributed by atoms with E-state index in [1.807, 2.05) is 28.8 Å². The Morgan fingerprint density at radius 2 is 1.92 bits per heavy atom. The van der Waals surface area contributed by atoms with Gasteiger partial charge in [-0.2, -0.15) is 0 Å². The highest BCUT2D eigenvalue weighted by atomic mass is 35.5. The van der Waals surface area contributed by atoms with E-state index < -0.39 is 0 Å². The molecule has 1 saturated heterocycles. The van der Waals surface area contributed by atoms with E-state index in [1.165, 1.54) is 38.5 Å². The van der Waals surface area contributed by atoms with Crippen LogP contribution in [-0.2, 0) is 11.3 Å². The second kappa shape index (κ2) is 11.7. The van der Waals surface area contributed by atoms with E-state index in [-0.39, 0.29) is 5.91 Å². The third-order valence-electron chi connectivity index (χ3n) is 8.34. The number of imidazole rings is 1. The summed E-state index contributed by atoms with van der Waals surface area (Å²) in [4.78, 5) is 20.3. The number of aromatic nitrogens is 2. The molecule has 37 heavy (non-hydrogen) atoms. The summed E-state index contributed by atoms with van der Waals surface area (Å²) in [6, 6.07) is 7.39. The fourth-order valence-electron chi connectivity index (χ4n) is 6.36. The van der Waals surface area contributed by atoms with E-state index in [2.05, 4.69) is 22.2 Å². The predicted octanol–water partition coefficient (Wildman–Crippen LogP) is 6.63. The summed E-state index contributed by atoms with van der Waals surface area (Å²) in [5, 5.41) is 4.28. The molecule has 2 aliphatic rings. The molecule has 1 saturated carbocycles. The van der Waals surface area contributed by atoms with E-state index in [4.69, 9.17) is 28.9 Å². The smallest absolute Gasteiger partial charge is 0.225 e. The fourth-order valence-corrected chi connectivity index (χ4v) is 6.87. The SMILES string of the molecule is CN1CCC(CC(=O)Nc2cnc3cc(CN)c(-c4ccc(Cl)cc4Cl)cn23)C(CC2CCCCC2)C1. The van der Waals surface area contributed by atoms with Crippen molar-refractivity contribution < 1.29 is 4.79 Å². The molecule has 2 atom stereocenters. The summed E-state index contributed by atoms with van der Waals surface area (Å²) in [7, 11) is 2.21. The lowest BCUT2D eigenvalue weighted by Crippen LogP contribution is -2.40. The van der Waals surface area contributed by atoms with Crippen LogP contribution in [0.1, 0.15) is 56.9 Å². The third kappa shape index (κ3) is 6.14. The molecule has 0 spiro atoms. The minimum atomic E-state index is 0.0546. The summed E-state index contributed by atoms with van der Waals surface area (Å²) in [5.74, 6) is 2.54. The molecule has 5 rings (SSSR count). The number of hydrogen-bond acceptors (Lipinski definition) is 4. The van der Waals surface area contributed by atoms with Gasteiger partial charge in [0.25, 0.3) is 0 Å². The van der Waals surface area contributed by atoms with Crippen molar-refractivity contribution in [2.24, 2.45) is 23.5 Å². The van der Waals surface area contributed by atoms with Crippen molar-refractivity contribution in [3.63, 3.8) is 0 Å². The first-order valence-electron chi connectivity index (χ1n) is 13.5. The Balaban J connectivity index is 1.34. The van der Waals surface area contributed by atoms with Gasteiger partial charge in [0, 0.05) is 46.9 Å². The molecule has 2 fully saturated rings. The molecular weight excluding hydrogens is 505 g/mol. The molecule has 1 aliphatic carbocycles. The van der Waals surface area contributed by atoms with Gasteiger partial charge in [-0.05, 0) is 68.0 Å². The molecule has 1 amide bonds. The van der Waals surface area contributed by atoms with Crippen LogP contribution in [0.2, 0.25) is 10.0 Å². The number of anilines is 1. The van der Waals surface area contributed by atoms with Gasteiger partial charge >= 0.3 is 0 Å². The molecule has 8 heteroatoms. The Morgan fingerprint density at radius 3 is 2.68 bits per heavy atom. The quantitative estimate of drug-likeness (QED) is 0.351. The highest BCUT2D eigenvalue weighted by molar-refractivity contribution is 6.36. The molecule has 0 bridgehead atoms. The first-order valence-corrected chi connectivity index (χ1v) is 14.3. The van der Waals surface area contributed by atoms with Crippen LogP contribution >= 0.6 is 23.2 Å². The summed E-state index contributed by atoms with van der Waals surface area (Å²) in [6.07, 6.45) is 13.4. The Bertz CT molecular complexity index is 1250. The molecule has 1 aromatic carbocycles. The maximum absolute atomic E-state index is 13.3. The molecule has 1 aliphatic heterocycles. The maximum atomic E-state index is 13.3. The summed E-state index contributed by atoms with van der Waals surface area (Å²) < 4.78 is 1.91. The zero-order valence-electron chi connectivity index (χ0n) is 21.6. The number of fused-ring (bicyclic) bond motifs is 1. The number of amides is 1. The largest absolute Gasteiger partial charge is 0.326 e. The number of likely N-dealkylation sites (tertiary alicyclic amines) is 1. The van der Waals surface area contributed by atoms with Gasteiger partial charge in [0.1, 0.15) is 11.5 Å². The zero-order valence-corrected chi connectivity index (χ0v) is 23.1. The normalized spacial score (nSPS) is 21.4. The standard InChI is InChI=1S/C29H37Cl2N5O/c1-35-10-9-20(22(17-35)11-19-5-3-2-4-6-19)13-29(37)34-28-16-33-27-12-21(15-32)25(18-36(27)28)24-8-7-23(30)14-26(24)31/h7-8,12,14,16,18-20,22H,2-6,9-11,13,15,17,32H2,1H3,(H,34,37). The van der Waals surface area contributed by atoms with Crippen molar-refractivity contribution in [1.82, 2.24) is 14.3 Å². The number of benzene rings is 1. The maximum Gasteiger partial charge on any atom is 0.225 e. The second-order valence-corrected chi connectivity index (χ2v) is 11.8. The number of carbonyl (C=O) groups is 1. The van der Waals surface area contributed by atoms with Crippen molar-refractivity contribution >= 4 is 40.6 Å². The van der Waals surface area contributed by atoms with Crippen molar-refractivity contribution in [2.75, 3.05) is 25.5 Å². The van der Waals surface area contributed by atoms with Crippen LogP contribution in [0, 0.1) is 17.8 Å². The van der Waals surface area contributed by atoms with Gasteiger partial charge in [0.15, 0.2) is 0 Å². The molecule has 3 aromatic rings. The first kappa shape index (κ1) is 26.5. The zero-order chi connectivity index (χ0) is 25.9. The number of pyridine rings is 1. The van der Waals surface area contributed by atoms with E-state index in [0.29, 0.717) is 40.7 Å². The van der Waals surface area contributed by atoms with Crippen molar-refractivity contribution in [2.45, 2.75) is 57.9 Å². The second-order valence-electron chi connectivity index (χ2n) is 11.0. The van der Waals surface area contributed by atoms with E-state index in [1.54, 1.807) is 12.3 Å². The van der Waals surface area contributed by atoms with Crippen LogP contribution in [0.4, 0.5) is 5.82 Å². The van der Waals surface area contributed by atoms with Gasteiger partial charge in [-0.25, -0.2) is 4.98 Å². The Morgan fingerprint density at radius 1 is 1.11 bits per heavy atom. The fraction of sp³-hybridized carbons (Fsp3) is 0.517. The minimum absolute atomic E-state index is 0.0546. The lowest BCUT2D eigenvalue weighted by atomic mass is 9.74. The average Bonchev–Trinajstić information content (AvgIpc) is 3.27. The van der Waals surface area contributed by atoms with Gasteiger partial charge in [-0.1, -0.05) is 61.4 Å². The number of nitrogens with zero attached hydrogens (tertiary/aromatic N) is 3. The van der Waals surface area contributed by atoms with Crippen molar-refractivity contribution in [1.29, 1.82) is 0 Å². The number of hydrogen-bond donors (Lipinski definition) is 2. The number of nitrogens with two attached hydrogens (primary N) is 1. The molecule has 3 heterocycles. The van der Waals surface area contributed by atoms with Crippen LogP contribution in [-0.4, -0.2) is 40.3 Å². The average molecular weight is 543 g/mol. The van der Waals surface area contributed by atoms with Crippen LogP contribution in [0.15, 0.2) is 36.7 Å². The number of halogens is 2. The number of rotatable bonds is 7. The van der Waals surface area contributed by atoms with Gasteiger partial charge < -0.3 is 16.0 Å². The Hall–Kier alpha value is -2.12. The number of nitrogens with one attached hydrogen (secondary N) is 1. The summed E-state index contributed by atoms with van der Waals surface area (Å²) in [5.41, 5.74) is 9.46. The van der Waals surface area contributed by atoms with Gasteiger partial charge in [-0.15, -0.1) is 0 Å². The monoisotopic (exact) mass is 541 g/mol. The first-order chi connectivity index (χ1) is 17.9. The van der Waals surface area contributed by atoms with Crippen LogP contribution in [0.5, 0.6) is 0 Å². The molecule has 3 N–H and O–H groups in total. The number of carbonyl (C=O) groups excluding carboxylic acids is 1. The highest BCUT2D eigenvalue weighted by Crippen LogP contribution is 2.37. The molecular formula is C29H37Cl2N5O. The van der Waals surface area contributed by atoms with Crippen molar-refractivity contribution in [3.05, 3.63) is 52.3 Å². The number of piperidine rings is 1. The van der Waals surface area contributed by atoms with E-state index in [0.717, 1.165) is 47.8 Å². The van der Waals surface area contributed by atoms with Crippen LogP contribution in [0.3, 0.4) is 0 Å². The molecule has 6 nitrogen and oxygen atoms in total. The summed E-state index contributed by atoms with van der Waals surface area (Å²) >= 11 is 12.6. The van der Waals surface area contributed by atoms with E-state index in [9.17, 15) is 4.79 Å². The van der Waals surface area contributed by atoms with Crippen LogP contribution < -0.4 is 11.1 Å². The Kier molecular flexibility index (Phi) is 8.40. The van der Waals surface area contributed by atoms with Crippen LogP contribution in [0.25, 0.3) is 16.8 Å². The Labute approximate surface area is 229 Å².